The van der Waals surface area contributed by atoms with Crippen LogP contribution < -0.4 is 10.6 Å². The molecule has 104 valence electrons. The second kappa shape index (κ2) is 5.59. The van der Waals surface area contributed by atoms with E-state index in [4.69, 9.17) is 0 Å². The second-order valence-corrected chi connectivity index (χ2v) is 7.77. The first kappa shape index (κ1) is 13.6. The predicted octanol–water partition coefficient (Wildman–Crippen LogP) is 3.97. The molecule has 4 rings (SSSR count). The van der Waals surface area contributed by atoms with E-state index in [1.54, 1.807) is 0 Å². The summed E-state index contributed by atoms with van der Waals surface area (Å²) < 4.78 is 0. The molecular weight excluding hydrogens is 282 g/mol. The summed E-state index contributed by atoms with van der Waals surface area (Å²) in [6.45, 7) is 0. The zero-order chi connectivity index (χ0) is 14.9. The van der Waals surface area contributed by atoms with Crippen molar-refractivity contribution in [1.29, 1.82) is 0 Å². The van der Waals surface area contributed by atoms with Crippen molar-refractivity contribution >= 4 is 47.5 Å². The Labute approximate surface area is 132 Å². The molecule has 2 heteroatoms. The quantitative estimate of drug-likeness (QED) is 0.388. The van der Waals surface area contributed by atoms with Crippen LogP contribution in [-0.2, 0) is 0 Å². The second-order valence-electron chi connectivity index (χ2n) is 5.62. The molecule has 0 bridgehead atoms. The van der Waals surface area contributed by atoms with Gasteiger partial charge in [0, 0.05) is 0 Å². The standard InChI is InChI=1S/C20H16BP/c21-22(19-11-9-15-5-1-3-7-17(15)13-19)20-12-10-16-6-2-4-8-18(16)14-20/h1-14H,21H2. The van der Waals surface area contributed by atoms with E-state index >= 15 is 0 Å². The predicted molar refractivity (Wildman–Crippen MR) is 103 cm³/mol. The monoisotopic (exact) mass is 298 g/mol. The van der Waals surface area contributed by atoms with Gasteiger partial charge in [0.15, 0.2) is 0 Å². The van der Waals surface area contributed by atoms with Crippen molar-refractivity contribution in [2.75, 3.05) is 0 Å². The van der Waals surface area contributed by atoms with E-state index in [1.165, 1.54) is 32.2 Å². The lowest BCUT2D eigenvalue weighted by Crippen LogP contribution is -2.11. The van der Waals surface area contributed by atoms with Crippen LogP contribution in [0.1, 0.15) is 0 Å². The average molecular weight is 298 g/mol. The third-order valence-corrected chi connectivity index (χ3v) is 6.35. The van der Waals surface area contributed by atoms with Crippen molar-refractivity contribution in [2.45, 2.75) is 0 Å². The van der Waals surface area contributed by atoms with E-state index in [9.17, 15) is 0 Å². The first-order chi connectivity index (χ1) is 10.8. The number of fused-ring (bicyclic) bond motifs is 2. The highest BCUT2D eigenvalue weighted by Crippen LogP contribution is 2.30. The van der Waals surface area contributed by atoms with E-state index in [1.807, 2.05) is 0 Å². The highest BCUT2D eigenvalue weighted by Gasteiger charge is 2.09. The Balaban J connectivity index is 1.78. The van der Waals surface area contributed by atoms with Crippen LogP contribution in [0, 0.1) is 0 Å². The summed E-state index contributed by atoms with van der Waals surface area (Å²) in [6.07, 6.45) is 0. The minimum absolute atomic E-state index is 0.317. The molecule has 0 saturated carbocycles. The molecule has 0 aliphatic rings. The summed E-state index contributed by atoms with van der Waals surface area (Å²) in [5.41, 5.74) is 0. The molecule has 0 saturated heterocycles. The molecule has 0 N–H and O–H groups in total. The van der Waals surface area contributed by atoms with Crippen molar-refractivity contribution in [1.82, 2.24) is 0 Å². The van der Waals surface area contributed by atoms with Crippen molar-refractivity contribution in [2.24, 2.45) is 0 Å². The van der Waals surface area contributed by atoms with Gasteiger partial charge in [0.05, 0.1) is 0 Å². The molecule has 0 nitrogen and oxygen atoms in total. The summed E-state index contributed by atoms with van der Waals surface area (Å²) in [6, 6.07) is 30.9. The van der Waals surface area contributed by atoms with Gasteiger partial charge in [0.2, 0.25) is 0 Å². The largest absolute Gasteiger partial charge is 0.145 e. The van der Waals surface area contributed by atoms with Crippen molar-refractivity contribution < 1.29 is 0 Å². The first-order valence-electron chi connectivity index (χ1n) is 7.53. The van der Waals surface area contributed by atoms with Crippen molar-refractivity contribution in [3.63, 3.8) is 0 Å². The van der Waals surface area contributed by atoms with Gasteiger partial charge in [-0.25, -0.2) is 0 Å². The summed E-state index contributed by atoms with van der Waals surface area (Å²) in [5, 5.41) is 8.15. The third-order valence-electron chi connectivity index (χ3n) is 4.24. The van der Waals surface area contributed by atoms with Crippen molar-refractivity contribution in [3.05, 3.63) is 84.9 Å². The highest BCUT2D eigenvalue weighted by molar-refractivity contribution is 7.94. The molecule has 0 atom stereocenters. The van der Waals surface area contributed by atoms with Gasteiger partial charge in [-0.15, -0.1) is 0 Å². The zero-order valence-corrected chi connectivity index (χ0v) is 13.4. The van der Waals surface area contributed by atoms with E-state index < -0.39 is 0 Å². The summed E-state index contributed by atoms with van der Waals surface area (Å²) in [5.74, 6) is 0. The SMILES string of the molecule is BP(c1ccc2ccccc2c1)c1ccc2ccccc2c1. The van der Waals surface area contributed by atoms with Gasteiger partial charge >= 0.3 is 0 Å². The van der Waals surface area contributed by atoms with Crippen molar-refractivity contribution in [3.8, 4) is 0 Å². The van der Waals surface area contributed by atoms with Crippen LogP contribution in [-0.4, -0.2) is 7.57 Å². The summed E-state index contributed by atoms with van der Waals surface area (Å²) in [4.78, 5) is 0. The first-order valence-corrected chi connectivity index (χ1v) is 9.31. The Hall–Kier alpha value is -2.11. The average Bonchev–Trinajstić information content (AvgIpc) is 2.60. The Morgan fingerprint density at radius 3 is 1.36 bits per heavy atom. The van der Waals surface area contributed by atoms with Crippen LogP contribution in [0.4, 0.5) is 0 Å². The molecular formula is C20H16BP. The Morgan fingerprint density at radius 1 is 0.500 bits per heavy atom. The zero-order valence-electron chi connectivity index (χ0n) is 12.5. The van der Waals surface area contributed by atoms with Crippen LogP contribution in [0.3, 0.4) is 0 Å². The van der Waals surface area contributed by atoms with Gasteiger partial charge in [-0.05, 0) is 44.3 Å². The van der Waals surface area contributed by atoms with Gasteiger partial charge in [0.1, 0.15) is 7.57 Å². The van der Waals surface area contributed by atoms with Gasteiger partial charge in [-0.3, -0.25) is 0 Å². The van der Waals surface area contributed by atoms with Gasteiger partial charge < -0.3 is 0 Å². The molecule has 0 aromatic heterocycles. The molecule has 0 fully saturated rings. The topological polar surface area (TPSA) is 0 Å². The fourth-order valence-corrected chi connectivity index (χ4v) is 4.48. The van der Waals surface area contributed by atoms with Crippen LogP contribution in [0.25, 0.3) is 21.5 Å². The smallest absolute Gasteiger partial charge is 0.0883 e. The molecule has 0 aliphatic carbocycles. The lowest BCUT2D eigenvalue weighted by Gasteiger charge is -2.15. The number of benzene rings is 4. The van der Waals surface area contributed by atoms with E-state index in [0.29, 0.717) is 0 Å². The van der Waals surface area contributed by atoms with Crippen LogP contribution in [0.2, 0.25) is 0 Å². The van der Waals surface area contributed by atoms with Crippen LogP contribution >= 0.6 is 7.80 Å². The number of hydrogen-bond acceptors (Lipinski definition) is 0. The van der Waals surface area contributed by atoms with Gasteiger partial charge in [0.25, 0.3) is 0 Å². The Morgan fingerprint density at radius 2 is 0.909 bits per heavy atom. The lowest BCUT2D eigenvalue weighted by molar-refractivity contribution is 1.77. The molecule has 4 aromatic rings. The molecule has 0 spiro atoms. The Bertz CT molecular complexity index is 882. The number of hydrogen-bond donors (Lipinski definition) is 0. The van der Waals surface area contributed by atoms with E-state index in [2.05, 4.69) is 92.5 Å². The molecule has 0 unspecified atom stereocenters. The molecule has 0 aliphatic heterocycles. The third kappa shape index (κ3) is 2.43. The maximum atomic E-state index is 2.35. The lowest BCUT2D eigenvalue weighted by atomic mass is 10.1. The molecule has 22 heavy (non-hydrogen) atoms. The molecule has 0 heterocycles. The minimum atomic E-state index is -0.317. The molecule has 0 radical (unpaired) electrons. The molecule has 4 aromatic carbocycles. The van der Waals surface area contributed by atoms with E-state index in [0.717, 1.165) is 0 Å². The van der Waals surface area contributed by atoms with Crippen LogP contribution in [0.15, 0.2) is 84.9 Å². The van der Waals surface area contributed by atoms with E-state index in [-0.39, 0.29) is 7.80 Å². The van der Waals surface area contributed by atoms with Crippen LogP contribution in [0.5, 0.6) is 0 Å². The van der Waals surface area contributed by atoms with Gasteiger partial charge in [-0.1, -0.05) is 80.6 Å². The van der Waals surface area contributed by atoms with Gasteiger partial charge in [-0.2, -0.15) is 0 Å². The highest BCUT2D eigenvalue weighted by atomic mass is 31.1. The Kier molecular flexibility index (Phi) is 3.44. The summed E-state index contributed by atoms with van der Waals surface area (Å²) in [7, 11) is 2.03. The minimum Gasteiger partial charge on any atom is -0.0883 e. The normalized spacial score (nSPS) is 11.3. The maximum absolute atomic E-state index is 2.35. The fraction of sp³-hybridized carbons (Fsp3) is 0. The maximum Gasteiger partial charge on any atom is 0.145 e. The fourth-order valence-electron chi connectivity index (χ4n) is 2.92. The number of rotatable bonds is 2. The summed E-state index contributed by atoms with van der Waals surface area (Å²) >= 11 is 0. The molecule has 0 amide bonds.